The van der Waals surface area contributed by atoms with E-state index in [-0.39, 0.29) is 6.04 Å². The predicted molar refractivity (Wildman–Crippen MR) is 46.4 cm³/mol. The van der Waals surface area contributed by atoms with Gasteiger partial charge in [0.05, 0.1) is 0 Å². The number of rotatable bonds is 2. The first kappa shape index (κ1) is 7.76. The smallest absolute Gasteiger partial charge is 0.00887 e. The van der Waals surface area contributed by atoms with Crippen LogP contribution in [0.2, 0.25) is 0 Å². The van der Waals surface area contributed by atoms with Crippen LogP contribution in [0.25, 0.3) is 0 Å². The lowest BCUT2D eigenvalue weighted by molar-refractivity contribution is 0.622. The Morgan fingerprint density at radius 3 is 2.60 bits per heavy atom. The summed E-state index contributed by atoms with van der Waals surface area (Å²) in [6.07, 6.45) is 0. The summed E-state index contributed by atoms with van der Waals surface area (Å²) >= 11 is 1.78. The van der Waals surface area contributed by atoms with E-state index in [9.17, 15) is 0 Å². The highest BCUT2D eigenvalue weighted by Gasteiger charge is 2.09. The molecule has 0 radical (unpaired) electrons. The molecule has 0 bridgehead atoms. The molecule has 10 heavy (non-hydrogen) atoms. The van der Waals surface area contributed by atoms with Crippen LogP contribution in [0.4, 0.5) is 0 Å². The van der Waals surface area contributed by atoms with Gasteiger partial charge in [-0.1, -0.05) is 13.0 Å². The van der Waals surface area contributed by atoms with Gasteiger partial charge < -0.3 is 5.73 Å². The molecule has 2 unspecified atom stereocenters. The van der Waals surface area contributed by atoms with Crippen LogP contribution in [0.15, 0.2) is 17.5 Å². The fourth-order valence-electron chi connectivity index (χ4n) is 0.809. The molecule has 2 heteroatoms. The number of hydrogen-bond acceptors (Lipinski definition) is 2. The second kappa shape index (κ2) is 3.17. The first-order valence-electron chi connectivity index (χ1n) is 3.51. The Morgan fingerprint density at radius 1 is 1.50 bits per heavy atom. The van der Waals surface area contributed by atoms with E-state index in [0.717, 1.165) is 0 Å². The Bertz CT molecular complexity index is 179. The fourth-order valence-corrected chi connectivity index (χ4v) is 1.71. The maximum Gasteiger partial charge on any atom is 0.00887 e. The van der Waals surface area contributed by atoms with E-state index in [1.807, 2.05) is 6.92 Å². The topological polar surface area (TPSA) is 26.0 Å². The molecule has 0 fully saturated rings. The summed E-state index contributed by atoms with van der Waals surface area (Å²) in [5, 5.41) is 2.09. The molecule has 2 atom stereocenters. The molecule has 1 aromatic rings. The van der Waals surface area contributed by atoms with E-state index in [1.165, 1.54) is 4.88 Å². The molecule has 0 spiro atoms. The molecule has 1 rings (SSSR count). The van der Waals surface area contributed by atoms with Crippen LogP contribution in [0.1, 0.15) is 24.6 Å². The van der Waals surface area contributed by atoms with Gasteiger partial charge in [0, 0.05) is 16.8 Å². The summed E-state index contributed by atoms with van der Waals surface area (Å²) < 4.78 is 0. The van der Waals surface area contributed by atoms with Gasteiger partial charge >= 0.3 is 0 Å². The van der Waals surface area contributed by atoms with Crippen molar-refractivity contribution >= 4 is 11.3 Å². The highest BCUT2D eigenvalue weighted by molar-refractivity contribution is 7.10. The minimum absolute atomic E-state index is 0.263. The third-order valence-corrected chi connectivity index (χ3v) is 2.85. The minimum Gasteiger partial charge on any atom is -0.327 e. The van der Waals surface area contributed by atoms with Crippen molar-refractivity contribution in [3.8, 4) is 0 Å². The second-order valence-corrected chi connectivity index (χ2v) is 3.64. The molecule has 0 saturated carbocycles. The molecule has 2 N–H and O–H groups in total. The summed E-state index contributed by atoms with van der Waals surface area (Å²) in [4.78, 5) is 1.38. The first-order valence-corrected chi connectivity index (χ1v) is 4.38. The standard InChI is InChI=1S/C8H13NS/c1-6(7(2)9)8-4-3-5-10-8/h3-7H,9H2,1-2H3. The zero-order valence-corrected chi connectivity index (χ0v) is 7.19. The Labute approximate surface area is 65.9 Å². The van der Waals surface area contributed by atoms with Gasteiger partial charge in [0.15, 0.2) is 0 Å². The molecule has 1 aromatic heterocycles. The van der Waals surface area contributed by atoms with Gasteiger partial charge in [-0.05, 0) is 18.4 Å². The van der Waals surface area contributed by atoms with Gasteiger partial charge in [-0.25, -0.2) is 0 Å². The molecule has 1 heterocycles. The number of thiophene rings is 1. The van der Waals surface area contributed by atoms with Crippen molar-refractivity contribution in [2.24, 2.45) is 5.73 Å². The van der Waals surface area contributed by atoms with E-state index in [0.29, 0.717) is 5.92 Å². The lowest BCUT2D eigenvalue weighted by atomic mass is 10.0. The normalized spacial score (nSPS) is 16.7. The van der Waals surface area contributed by atoms with Crippen molar-refractivity contribution < 1.29 is 0 Å². The highest BCUT2D eigenvalue weighted by Crippen LogP contribution is 2.22. The Hall–Kier alpha value is -0.340. The van der Waals surface area contributed by atoms with Crippen molar-refractivity contribution in [1.29, 1.82) is 0 Å². The first-order chi connectivity index (χ1) is 4.72. The van der Waals surface area contributed by atoms with Gasteiger partial charge in [-0.15, -0.1) is 11.3 Å². The molecule has 0 saturated heterocycles. The van der Waals surface area contributed by atoms with Crippen LogP contribution >= 0.6 is 11.3 Å². The SMILES string of the molecule is CC(N)C(C)c1cccs1. The van der Waals surface area contributed by atoms with Gasteiger partial charge in [0.25, 0.3) is 0 Å². The van der Waals surface area contributed by atoms with E-state index in [1.54, 1.807) is 11.3 Å². The summed E-state index contributed by atoms with van der Waals surface area (Å²) in [6, 6.07) is 4.47. The molecule has 1 nitrogen and oxygen atoms in total. The predicted octanol–water partition coefficient (Wildman–Crippen LogP) is 2.20. The van der Waals surface area contributed by atoms with E-state index in [4.69, 9.17) is 5.73 Å². The van der Waals surface area contributed by atoms with Crippen molar-refractivity contribution in [3.63, 3.8) is 0 Å². The molecule has 0 amide bonds. The van der Waals surface area contributed by atoms with Crippen molar-refractivity contribution in [3.05, 3.63) is 22.4 Å². The van der Waals surface area contributed by atoms with E-state index in [2.05, 4.69) is 24.4 Å². The quantitative estimate of drug-likeness (QED) is 0.696. The zero-order valence-electron chi connectivity index (χ0n) is 6.37. The lowest BCUT2D eigenvalue weighted by Gasteiger charge is -2.12. The average molecular weight is 155 g/mol. The van der Waals surface area contributed by atoms with Crippen molar-refractivity contribution in [2.45, 2.75) is 25.8 Å². The monoisotopic (exact) mass is 155 g/mol. The van der Waals surface area contributed by atoms with Crippen LogP contribution in [0.3, 0.4) is 0 Å². The van der Waals surface area contributed by atoms with Crippen LogP contribution in [0, 0.1) is 0 Å². The second-order valence-electron chi connectivity index (χ2n) is 2.66. The summed E-state index contributed by atoms with van der Waals surface area (Å²) in [5.74, 6) is 0.500. The molecule has 0 aromatic carbocycles. The van der Waals surface area contributed by atoms with Crippen LogP contribution in [0.5, 0.6) is 0 Å². The maximum absolute atomic E-state index is 5.73. The van der Waals surface area contributed by atoms with Crippen molar-refractivity contribution in [1.82, 2.24) is 0 Å². The number of hydrogen-bond donors (Lipinski definition) is 1. The summed E-state index contributed by atoms with van der Waals surface area (Å²) in [7, 11) is 0. The van der Waals surface area contributed by atoms with Gasteiger partial charge in [0.1, 0.15) is 0 Å². The third kappa shape index (κ3) is 1.58. The molecular weight excluding hydrogens is 142 g/mol. The number of nitrogens with two attached hydrogens (primary N) is 1. The highest BCUT2D eigenvalue weighted by atomic mass is 32.1. The zero-order chi connectivity index (χ0) is 7.56. The van der Waals surface area contributed by atoms with Gasteiger partial charge in [-0.3, -0.25) is 0 Å². The molecule has 0 aliphatic carbocycles. The molecule has 0 aliphatic heterocycles. The fraction of sp³-hybridized carbons (Fsp3) is 0.500. The molecular formula is C8H13NS. The van der Waals surface area contributed by atoms with E-state index < -0.39 is 0 Å². The third-order valence-electron chi connectivity index (χ3n) is 1.78. The Balaban J connectivity index is 2.68. The van der Waals surface area contributed by atoms with Gasteiger partial charge in [-0.2, -0.15) is 0 Å². The largest absolute Gasteiger partial charge is 0.327 e. The Kier molecular flexibility index (Phi) is 2.46. The van der Waals surface area contributed by atoms with Crippen LogP contribution in [-0.2, 0) is 0 Å². The minimum atomic E-state index is 0.263. The molecule has 56 valence electrons. The van der Waals surface area contributed by atoms with Crippen LogP contribution < -0.4 is 5.73 Å². The van der Waals surface area contributed by atoms with E-state index >= 15 is 0 Å². The average Bonchev–Trinajstić information content (AvgIpc) is 2.36. The summed E-state index contributed by atoms with van der Waals surface area (Å²) in [5.41, 5.74) is 5.73. The van der Waals surface area contributed by atoms with Crippen molar-refractivity contribution in [2.75, 3.05) is 0 Å². The van der Waals surface area contributed by atoms with Gasteiger partial charge in [0.2, 0.25) is 0 Å². The van der Waals surface area contributed by atoms with Crippen LogP contribution in [-0.4, -0.2) is 6.04 Å². The maximum atomic E-state index is 5.73. The molecule has 0 aliphatic rings. The Morgan fingerprint density at radius 2 is 2.20 bits per heavy atom. The summed E-state index contributed by atoms with van der Waals surface area (Å²) in [6.45, 7) is 4.21. The lowest BCUT2D eigenvalue weighted by Crippen LogP contribution is -2.21.